The summed E-state index contributed by atoms with van der Waals surface area (Å²) in [6.45, 7) is 2.40. The molecule has 0 unspecified atom stereocenters. The summed E-state index contributed by atoms with van der Waals surface area (Å²) in [5.41, 5.74) is 2.32. The minimum atomic E-state index is -0.973. The van der Waals surface area contributed by atoms with Crippen molar-refractivity contribution in [1.29, 1.82) is 0 Å². The van der Waals surface area contributed by atoms with Crippen LogP contribution in [0.4, 0.5) is 11.4 Å². The largest absolute Gasteiger partial charge is 0.494 e. The number of esters is 1. The van der Waals surface area contributed by atoms with Crippen LogP contribution >= 0.6 is 0 Å². The van der Waals surface area contributed by atoms with Crippen LogP contribution < -0.4 is 14.7 Å². The molecule has 35 heavy (non-hydrogen) atoms. The maximum absolute atomic E-state index is 13.7. The molecule has 2 aliphatic heterocycles. The van der Waals surface area contributed by atoms with Crippen molar-refractivity contribution >= 4 is 29.2 Å². The van der Waals surface area contributed by atoms with Gasteiger partial charge in [0.25, 0.3) is 5.91 Å². The number of carbonyl (C=O) groups is 3. The lowest BCUT2D eigenvalue weighted by atomic mass is 9.90. The minimum absolute atomic E-state index is 0.343. The summed E-state index contributed by atoms with van der Waals surface area (Å²) in [5, 5.41) is 1.62. The molecular weight excluding hydrogens is 448 g/mol. The molecule has 2 heterocycles. The molecule has 178 valence electrons. The van der Waals surface area contributed by atoms with Gasteiger partial charge in [0.1, 0.15) is 11.7 Å². The Balaban J connectivity index is 1.52. The van der Waals surface area contributed by atoms with Crippen molar-refractivity contribution in [2.75, 3.05) is 23.7 Å². The number of para-hydroxylation sites is 1. The summed E-state index contributed by atoms with van der Waals surface area (Å²) in [7, 11) is 1.32. The Morgan fingerprint density at radius 1 is 0.886 bits per heavy atom. The predicted octanol–water partition coefficient (Wildman–Crippen LogP) is 3.92. The number of nitrogens with zero attached hydrogens (tertiary/aromatic N) is 2. The van der Waals surface area contributed by atoms with Crippen LogP contribution in [-0.2, 0) is 19.2 Å². The number of hydrogen-bond acceptors (Lipinski definition) is 7. The van der Waals surface area contributed by atoms with Crippen LogP contribution in [0.3, 0.4) is 0 Å². The Labute approximate surface area is 202 Å². The van der Waals surface area contributed by atoms with E-state index in [1.54, 1.807) is 53.6 Å². The Morgan fingerprint density at radius 3 is 2.20 bits per heavy atom. The van der Waals surface area contributed by atoms with E-state index in [4.69, 9.17) is 14.3 Å². The second-order valence-electron chi connectivity index (χ2n) is 8.21. The van der Waals surface area contributed by atoms with E-state index in [1.165, 1.54) is 12.0 Å². The average Bonchev–Trinajstić information content (AvgIpc) is 3.41. The molecule has 2 aliphatic rings. The fourth-order valence-corrected chi connectivity index (χ4v) is 4.60. The van der Waals surface area contributed by atoms with Crippen molar-refractivity contribution < 1.29 is 28.7 Å². The first-order valence-electron chi connectivity index (χ1n) is 11.3. The van der Waals surface area contributed by atoms with Crippen molar-refractivity contribution in [3.8, 4) is 5.75 Å². The van der Waals surface area contributed by atoms with Gasteiger partial charge < -0.3 is 9.47 Å². The van der Waals surface area contributed by atoms with Crippen LogP contribution in [-0.4, -0.2) is 37.6 Å². The maximum atomic E-state index is 13.7. The molecule has 0 aliphatic carbocycles. The molecule has 8 nitrogen and oxygen atoms in total. The van der Waals surface area contributed by atoms with Gasteiger partial charge in [0, 0.05) is 0 Å². The number of rotatable bonds is 6. The SMILES string of the molecule is CCOc1ccc(N2C(=O)[C@H]3[C@@H](c4ccc(C(=O)OC)cc4)N(c4ccccc4)O[C@H]3C2=O)cc1. The molecule has 2 fully saturated rings. The van der Waals surface area contributed by atoms with Gasteiger partial charge in [0.05, 0.1) is 36.7 Å². The van der Waals surface area contributed by atoms with E-state index >= 15 is 0 Å². The smallest absolute Gasteiger partial charge is 0.337 e. The second-order valence-corrected chi connectivity index (χ2v) is 8.21. The Kier molecular flexibility index (Phi) is 5.96. The third-order valence-electron chi connectivity index (χ3n) is 6.21. The lowest BCUT2D eigenvalue weighted by molar-refractivity contribution is -0.126. The lowest BCUT2D eigenvalue weighted by Crippen LogP contribution is -2.37. The molecule has 8 heteroatoms. The van der Waals surface area contributed by atoms with E-state index in [0.29, 0.717) is 23.6 Å². The number of amides is 2. The van der Waals surface area contributed by atoms with Gasteiger partial charge in [-0.1, -0.05) is 30.3 Å². The van der Waals surface area contributed by atoms with E-state index in [1.807, 2.05) is 37.3 Å². The zero-order valence-electron chi connectivity index (χ0n) is 19.3. The normalized spacial score (nSPS) is 21.3. The maximum Gasteiger partial charge on any atom is 0.337 e. The number of methoxy groups -OCH3 is 1. The van der Waals surface area contributed by atoms with Gasteiger partial charge in [0.15, 0.2) is 6.10 Å². The third-order valence-corrected chi connectivity index (χ3v) is 6.21. The average molecular weight is 472 g/mol. The van der Waals surface area contributed by atoms with Crippen LogP contribution in [0.2, 0.25) is 0 Å². The van der Waals surface area contributed by atoms with Crippen molar-refractivity contribution in [3.05, 3.63) is 90.0 Å². The molecule has 0 spiro atoms. The number of carbonyl (C=O) groups excluding carboxylic acids is 3. The topological polar surface area (TPSA) is 85.4 Å². The van der Waals surface area contributed by atoms with Crippen molar-refractivity contribution in [3.63, 3.8) is 0 Å². The number of benzene rings is 3. The molecule has 3 aromatic rings. The lowest BCUT2D eigenvalue weighted by Gasteiger charge is -2.28. The molecule has 0 radical (unpaired) electrons. The summed E-state index contributed by atoms with van der Waals surface area (Å²) >= 11 is 0. The van der Waals surface area contributed by atoms with Crippen LogP contribution in [0.5, 0.6) is 5.75 Å². The fourth-order valence-electron chi connectivity index (χ4n) is 4.60. The van der Waals surface area contributed by atoms with Gasteiger partial charge in [-0.2, -0.15) is 0 Å². The molecule has 2 amide bonds. The highest BCUT2D eigenvalue weighted by Crippen LogP contribution is 2.47. The predicted molar refractivity (Wildman–Crippen MR) is 128 cm³/mol. The summed E-state index contributed by atoms with van der Waals surface area (Å²) in [6, 6.07) is 22.4. The molecule has 5 rings (SSSR count). The van der Waals surface area contributed by atoms with E-state index in [-0.39, 0.29) is 5.91 Å². The van der Waals surface area contributed by atoms with Gasteiger partial charge in [-0.05, 0) is 61.0 Å². The van der Waals surface area contributed by atoms with Crippen molar-refractivity contribution in [1.82, 2.24) is 0 Å². The van der Waals surface area contributed by atoms with Crippen molar-refractivity contribution in [2.24, 2.45) is 5.92 Å². The zero-order chi connectivity index (χ0) is 24.5. The summed E-state index contributed by atoms with van der Waals surface area (Å²) < 4.78 is 10.3. The number of anilines is 2. The molecule has 0 bridgehead atoms. The van der Waals surface area contributed by atoms with E-state index < -0.39 is 29.9 Å². The van der Waals surface area contributed by atoms with E-state index in [2.05, 4.69) is 0 Å². The zero-order valence-corrected chi connectivity index (χ0v) is 19.3. The summed E-state index contributed by atoms with van der Waals surface area (Å²) in [4.78, 5) is 46.3. The molecule has 3 aromatic carbocycles. The van der Waals surface area contributed by atoms with Gasteiger partial charge in [0.2, 0.25) is 5.91 Å². The van der Waals surface area contributed by atoms with Gasteiger partial charge >= 0.3 is 5.97 Å². The highest BCUT2D eigenvalue weighted by atomic mass is 16.7. The number of ether oxygens (including phenoxy) is 2. The highest BCUT2D eigenvalue weighted by molar-refractivity contribution is 6.24. The van der Waals surface area contributed by atoms with Crippen molar-refractivity contribution in [2.45, 2.75) is 19.1 Å². The van der Waals surface area contributed by atoms with Crippen LogP contribution in [0.25, 0.3) is 0 Å². The Bertz CT molecular complexity index is 1240. The molecular formula is C27H24N2O6. The van der Waals surface area contributed by atoms with Crippen LogP contribution in [0.15, 0.2) is 78.9 Å². The Hall–Kier alpha value is -4.17. The third kappa shape index (κ3) is 3.91. The monoisotopic (exact) mass is 472 g/mol. The molecule has 0 aromatic heterocycles. The molecule has 0 N–H and O–H groups in total. The quantitative estimate of drug-likeness (QED) is 0.397. The fraction of sp³-hybridized carbons (Fsp3) is 0.222. The molecule has 2 saturated heterocycles. The second kappa shape index (κ2) is 9.23. The van der Waals surface area contributed by atoms with E-state index in [0.717, 1.165) is 11.3 Å². The number of hydrogen-bond donors (Lipinski definition) is 0. The van der Waals surface area contributed by atoms with E-state index in [9.17, 15) is 14.4 Å². The van der Waals surface area contributed by atoms with Gasteiger partial charge in [-0.25, -0.2) is 14.8 Å². The highest BCUT2D eigenvalue weighted by Gasteiger charge is 2.60. The minimum Gasteiger partial charge on any atom is -0.494 e. The first kappa shape index (κ1) is 22.6. The standard InChI is InChI=1S/C27H24N2O6/c1-3-34-21-15-13-19(14-16-21)28-25(30)22-23(17-9-11-18(12-10-17)27(32)33-2)29(35-24(22)26(28)31)20-7-5-4-6-8-20/h4-16,22-24H,3H2,1-2H3/t22-,23+,24+/m0/s1. The van der Waals surface area contributed by atoms with Crippen LogP contribution in [0.1, 0.15) is 28.9 Å². The summed E-state index contributed by atoms with van der Waals surface area (Å²) in [5.74, 6) is -1.32. The number of hydroxylamine groups is 1. The van der Waals surface area contributed by atoms with Gasteiger partial charge in [-0.3, -0.25) is 14.4 Å². The first-order chi connectivity index (χ1) is 17.0. The summed E-state index contributed by atoms with van der Waals surface area (Å²) in [6.07, 6.45) is -0.973. The first-order valence-corrected chi connectivity index (χ1v) is 11.3. The molecule has 0 saturated carbocycles. The Morgan fingerprint density at radius 2 is 1.57 bits per heavy atom. The molecule has 3 atom stereocenters. The van der Waals surface area contributed by atoms with Gasteiger partial charge in [-0.15, -0.1) is 0 Å². The van der Waals surface area contributed by atoms with Crippen LogP contribution in [0, 0.1) is 5.92 Å². The number of imide groups is 1. The number of fused-ring (bicyclic) bond motifs is 1.